The second-order valence-electron chi connectivity index (χ2n) is 6.25. The van der Waals surface area contributed by atoms with E-state index in [2.05, 4.69) is 15.6 Å². The molecule has 2 rings (SSSR count). The largest absolute Gasteiger partial charge is 0.493 e. The predicted molar refractivity (Wildman–Crippen MR) is 125 cm³/mol. The molecule has 2 aromatic carbocycles. The standard InChI is InChI=1S/C21H26F3N3O3.HI/c1-4-29-19-11-16(7-10-18(19)28-3)13-27-20(25-2)26-12-15-5-8-17(9-6-15)30-14-21(22,23)24;/h5-11H,4,12-14H2,1-3H3,(H2,25,26,27);1H. The summed E-state index contributed by atoms with van der Waals surface area (Å²) >= 11 is 0. The van der Waals surface area contributed by atoms with Gasteiger partial charge in [-0.15, -0.1) is 24.0 Å². The molecule has 172 valence electrons. The molecule has 2 N–H and O–H groups in total. The average molecular weight is 553 g/mol. The molecule has 0 atom stereocenters. The van der Waals surface area contributed by atoms with E-state index in [4.69, 9.17) is 14.2 Å². The molecule has 10 heteroatoms. The Bertz CT molecular complexity index is 831. The van der Waals surface area contributed by atoms with Gasteiger partial charge in [0.05, 0.1) is 13.7 Å². The predicted octanol–water partition coefficient (Wildman–Crippen LogP) is 4.52. The fourth-order valence-electron chi connectivity index (χ4n) is 2.56. The minimum absolute atomic E-state index is 0. The summed E-state index contributed by atoms with van der Waals surface area (Å²) in [6.45, 7) is 2.11. The second-order valence-corrected chi connectivity index (χ2v) is 6.25. The highest BCUT2D eigenvalue weighted by Gasteiger charge is 2.28. The van der Waals surface area contributed by atoms with Crippen molar-refractivity contribution in [1.29, 1.82) is 0 Å². The molecule has 0 spiro atoms. The Balaban J connectivity index is 0.00000480. The van der Waals surface area contributed by atoms with Gasteiger partial charge in [0, 0.05) is 20.1 Å². The molecule has 31 heavy (non-hydrogen) atoms. The van der Waals surface area contributed by atoms with Crippen molar-refractivity contribution in [1.82, 2.24) is 10.6 Å². The summed E-state index contributed by atoms with van der Waals surface area (Å²) in [6, 6.07) is 12.1. The molecule has 0 amide bonds. The lowest BCUT2D eigenvalue weighted by Crippen LogP contribution is -2.36. The molecule has 0 aliphatic rings. The first kappa shape index (κ1) is 26.7. The molecule has 0 aliphatic carbocycles. The summed E-state index contributed by atoms with van der Waals surface area (Å²) < 4.78 is 52.1. The van der Waals surface area contributed by atoms with Gasteiger partial charge in [-0.25, -0.2) is 0 Å². The van der Waals surface area contributed by atoms with Gasteiger partial charge in [-0.05, 0) is 42.3 Å². The van der Waals surface area contributed by atoms with Gasteiger partial charge in [0.15, 0.2) is 24.1 Å². The summed E-state index contributed by atoms with van der Waals surface area (Å²) in [7, 11) is 3.25. The Labute approximate surface area is 197 Å². The van der Waals surface area contributed by atoms with E-state index in [1.54, 1.807) is 26.3 Å². The van der Waals surface area contributed by atoms with Gasteiger partial charge in [0.25, 0.3) is 0 Å². The molecule has 0 unspecified atom stereocenters. The Kier molecular flexibility index (Phi) is 11.3. The van der Waals surface area contributed by atoms with Crippen molar-refractivity contribution in [3.63, 3.8) is 0 Å². The van der Waals surface area contributed by atoms with Crippen LogP contribution in [-0.4, -0.2) is 39.5 Å². The smallest absolute Gasteiger partial charge is 0.422 e. The Hall–Kier alpha value is -2.37. The van der Waals surface area contributed by atoms with E-state index in [0.29, 0.717) is 37.2 Å². The number of methoxy groups -OCH3 is 1. The van der Waals surface area contributed by atoms with E-state index in [1.165, 1.54) is 12.1 Å². The van der Waals surface area contributed by atoms with Gasteiger partial charge in [-0.2, -0.15) is 13.2 Å². The average Bonchev–Trinajstić information content (AvgIpc) is 2.73. The third-order valence-corrected chi connectivity index (χ3v) is 4.00. The number of hydrogen-bond donors (Lipinski definition) is 2. The number of ether oxygens (including phenoxy) is 3. The van der Waals surface area contributed by atoms with Gasteiger partial charge in [0.2, 0.25) is 0 Å². The van der Waals surface area contributed by atoms with Crippen LogP contribution in [0.4, 0.5) is 13.2 Å². The summed E-state index contributed by atoms with van der Waals surface area (Å²) in [4.78, 5) is 4.17. The fourth-order valence-corrected chi connectivity index (χ4v) is 2.56. The molecule has 6 nitrogen and oxygen atoms in total. The number of benzene rings is 2. The zero-order valence-corrected chi connectivity index (χ0v) is 19.9. The first-order chi connectivity index (χ1) is 14.3. The van der Waals surface area contributed by atoms with Crippen LogP contribution in [0, 0.1) is 0 Å². The quantitative estimate of drug-likeness (QED) is 0.272. The molecule has 0 aliphatic heterocycles. The summed E-state index contributed by atoms with van der Waals surface area (Å²) in [5.74, 6) is 2.10. The topological polar surface area (TPSA) is 64.1 Å². The van der Waals surface area contributed by atoms with Crippen molar-refractivity contribution in [2.24, 2.45) is 4.99 Å². The van der Waals surface area contributed by atoms with E-state index in [0.717, 1.165) is 11.1 Å². The highest BCUT2D eigenvalue weighted by atomic mass is 127. The van der Waals surface area contributed by atoms with Crippen molar-refractivity contribution >= 4 is 29.9 Å². The van der Waals surface area contributed by atoms with Crippen LogP contribution in [0.2, 0.25) is 0 Å². The maximum atomic E-state index is 12.2. The van der Waals surface area contributed by atoms with Gasteiger partial charge < -0.3 is 24.8 Å². The van der Waals surface area contributed by atoms with E-state index in [9.17, 15) is 13.2 Å². The molecule has 0 saturated heterocycles. The van der Waals surface area contributed by atoms with Gasteiger partial charge in [-0.1, -0.05) is 18.2 Å². The maximum absolute atomic E-state index is 12.2. The van der Waals surface area contributed by atoms with Gasteiger partial charge in [-0.3, -0.25) is 4.99 Å². The monoisotopic (exact) mass is 553 g/mol. The third kappa shape index (κ3) is 9.53. The van der Waals surface area contributed by atoms with Crippen LogP contribution in [0.25, 0.3) is 0 Å². The van der Waals surface area contributed by atoms with Gasteiger partial charge >= 0.3 is 6.18 Å². The summed E-state index contributed by atoms with van der Waals surface area (Å²) in [5, 5.41) is 6.36. The van der Waals surface area contributed by atoms with E-state index >= 15 is 0 Å². The summed E-state index contributed by atoms with van der Waals surface area (Å²) in [5.41, 5.74) is 1.87. The van der Waals surface area contributed by atoms with Gasteiger partial charge in [0.1, 0.15) is 5.75 Å². The van der Waals surface area contributed by atoms with Crippen molar-refractivity contribution in [3.8, 4) is 17.2 Å². The van der Waals surface area contributed by atoms with E-state index in [1.807, 2.05) is 25.1 Å². The highest BCUT2D eigenvalue weighted by molar-refractivity contribution is 14.0. The Morgan fingerprint density at radius 1 is 0.935 bits per heavy atom. The molecule has 0 saturated carbocycles. The van der Waals surface area contributed by atoms with Crippen LogP contribution in [0.15, 0.2) is 47.5 Å². The lowest BCUT2D eigenvalue weighted by molar-refractivity contribution is -0.153. The number of hydrogen-bond acceptors (Lipinski definition) is 4. The minimum atomic E-state index is -4.36. The number of rotatable bonds is 9. The minimum Gasteiger partial charge on any atom is -0.493 e. The SMILES string of the molecule is CCOc1cc(CNC(=NC)NCc2ccc(OCC(F)(F)F)cc2)ccc1OC.I. The molecule has 0 aromatic heterocycles. The molecule has 0 bridgehead atoms. The van der Waals surface area contributed by atoms with Crippen molar-refractivity contribution in [2.45, 2.75) is 26.2 Å². The molecular formula is C21H27F3IN3O3. The highest BCUT2D eigenvalue weighted by Crippen LogP contribution is 2.28. The zero-order chi connectivity index (χ0) is 22.0. The number of halogens is 4. The van der Waals surface area contributed by atoms with Crippen LogP contribution in [0.3, 0.4) is 0 Å². The summed E-state index contributed by atoms with van der Waals surface area (Å²) in [6.07, 6.45) is -4.36. The van der Waals surface area contributed by atoms with Crippen LogP contribution in [0.5, 0.6) is 17.2 Å². The molecule has 0 heterocycles. The third-order valence-electron chi connectivity index (χ3n) is 4.00. The Morgan fingerprint density at radius 3 is 2.10 bits per heavy atom. The lowest BCUT2D eigenvalue weighted by atomic mass is 10.2. The number of alkyl halides is 3. The fraction of sp³-hybridized carbons (Fsp3) is 0.381. The van der Waals surface area contributed by atoms with Crippen LogP contribution in [0.1, 0.15) is 18.1 Å². The van der Waals surface area contributed by atoms with Crippen LogP contribution in [-0.2, 0) is 13.1 Å². The molecular weight excluding hydrogens is 526 g/mol. The second kappa shape index (κ2) is 13.1. The number of aliphatic imine (C=N–C) groups is 1. The normalized spacial score (nSPS) is 11.4. The van der Waals surface area contributed by atoms with Crippen molar-refractivity contribution in [2.75, 3.05) is 27.4 Å². The first-order valence-corrected chi connectivity index (χ1v) is 9.37. The Morgan fingerprint density at radius 2 is 1.55 bits per heavy atom. The zero-order valence-electron chi connectivity index (χ0n) is 17.6. The number of nitrogens with one attached hydrogen (secondary N) is 2. The first-order valence-electron chi connectivity index (χ1n) is 9.37. The van der Waals surface area contributed by atoms with E-state index in [-0.39, 0.29) is 29.7 Å². The van der Waals surface area contributed by atoms with Crippen LogP contribution < -0.4 is 24.8 Å². The van der Waals surface area contributed by atoms with E-state index < -0.39 is 12.8 Å². The molecule has 2 aromatic rings. The lowest BCUT2D eigenvalue weighted by Gasteiger charge is -2.14. The number of nitrogens with zero attached hydrogens (tertiary/aromatic N) is 1. The van der Waals surface area contributed by atoms with Crippen molar-refractivity contribution < 1.29 is 27.4 Å². The molecule has 0 fully saturated rings. The van der Waals surface area contributed by atoms with Crippen molar-refractivity contribution in [3.05, 3.63) is 53.6 Å². The van der Waals surface area contributed by atoms with Crippen LogP contribution >= 0.6 is 24.0 Å². The number of guanidine groups is 1. The molecule has 0 radical (unpaired) electrons. The maximum Gasteiger partial charge on any atom is 0.422 e.